The molecule has 2 heterocycles. The van der Waals surface area contributed by atoms with Crippen molar-refractivity contribution >= 4 is 5.91 Å². The second-order valence-electron chi connectivity index (χ2n) is 22.1. The second-order valence-corrected chi connectivity index (χ2v) is 22.1. The monoisotopic (exact) mass is 1120 g/mol. The number of hydrogen-bond donors (Lipinski definition) is 9. The molecule has 14 heteroatoms. The van der Waals surface area contributed by atoms with Crippen LogP contribution in [0.3, 0.4) is 0 Å². The van der Waals surface area contributed by atoms with Gasteiger partial charge in [-0.2, -0.15) is 0 Å². The first kappa shape index (κ1) is 72.5. The fourth-order valence-corrected chi connectivity index (χ4v) is 10.1. The van der Waals surface area contributed by atoms with Gasteiger partial charge in [-0.3, -0.25) is 4.79 Å². The molecule has 9 N–H and O–H groups in total. The van der Waals surface area contributed by atoms with Crippen LogP contribution in [0.25, 0.3) is 0 Å². The first-order chi connectivity index (χ1) is 38.6. The number of rotatable bonds is 50. The molecule has 0 spiro atoms. The summed E-state index contributed by atoms with van der Waals surface area (Å²) in [6, 6.07) is -0.929. The topological polar surface area (TPSA) is 228 Å². The Morgan fingerprint density at radius 3 is 1.39 bits per heavy atom. The molecule has 0 aromatic rings. The van der Waals surface area contributed by atoms with Crippen molar-refractivity contribution in [2.75, 3.05) is 19.8 Å². The van der Waals surface area contributed by atoms with E-state index >= 15 is 0 Å². The van der Waals surface area contributed by atoms with E-state index in [9.17, 15) is 45.6 Å². The molecule has 0 saturated carbocycles. The van der Waals surface area contributed by atoms with Gasteiger partial charge in [-0.15, -0.1) is 0 Å². The number of nitrogens with one attached hydrogen (secondary N) is 1. The molecule has 0 aromatic carbocycles. The van der Waals surface area contributed by atoms with E-state index in [4.69, 9.17) is 18.9 Å². The summed E-state index contributed by atoms with van der Waals surface area (Å²) in [6.45, 7) is 2.58. The third-order valence-corrected chi connectivity index (χ3v) is 15.1. The molecule has 1 amide bonds. The third-order valence-electron chi connectivity index (χ3n) is 15.1. The minimum atomic E-state index is -1.79. The van der Waals surface area contributed by atoms with Crippen LogP contribution in [0.4, 0.5) is 0 Å². The SMILES string of the molecule is CC/C=C\C/C=C\C/C=C\C/C=C\CCCCCCCCCCCCCCCCCCCCCCCCCCC(=O)NC(COC1OC(CO)C(OC2OC(CO)C(O)C(O)C2O)C(O)C1O)C(O)/C=C/CC/C=C/CCCC. The van der Waals surface area contributed by atoms with Crippen molar-refractivity contribution in [3.8, 4) is 0 Å². The molecule has 2 saturated heterocycles. The van der Waals surface area contributed by atoms with Crippen molar-refractivity contribution in [2.45, 2.75) is 312 Å². The fourth-order valence-electron chi connectivity index (χ4n) is 10.1. The van der Waals surface area contributed by atoms with Crippen LogP contribution < -0.4 is 5.32 Å². The summed E-state index contributed by atoms with van der Waals surface area (Å²) in [7, 11) is 0. The number of allylic oxidation sites excluding steroid dienone is 11. The Hall–Kier alpha value is -2.57. The predicted molar refractivity (Wildman–Crippen MR) is 318 cm³/mol. The van der Waals surface area contributed by atoms with Gasteiger partial charge in [0.2, 0.25) is 5.91 Å². The van der Waals surface area contributed by atoms with Gasteiger partial charge in [0.15, 0.2) is 12.6 Å². The van der Waals surface area contributed by atoms with E-state index < -0.39 is 86.8 Å². The van der Waals surface area contributed by atoms with Crippen molar-refractivity contribution in [1.29, 1.82) is 0 Å². The van der Waals surface area contributed by atoms with Gasteiger partial charge in [-0.05, 0) is 64.2 Å². The summed E-state index contributed by atoms with van der Waals surface area (Å²) >= 11 is 0. The van der Waals surface area contributed by atoms with Gasteiger partial charge in [0.05, 0.1) is 32.0 Å². The Morgan fingerprint density at radius 1 is 0.468 bits per heavy atom. The lowest BCUT2D eigenvalue weighted by atomic mass is 9.97. The van der Waals surface area contributed by atoms with Gasteiger partial charge in [0, 0.05) is 6.42 Å². The number of ether oxygens (including phenoxy) is 4. The third kappa shape index (κ3) is 35.2. The summed E-state index contributed by atoms with van der Waals surface area (Å²) < 4.78 is 22.7. The van der Waals surface area contributed by atoms with Gasteiger partial charge in [0.25, 0.3) is 0 Å². The van der Waals surface area contributed by atoms with Crippen LogP contribution in [-0.2, 0) is 23.7 Å². The standard InChI is InChI=1S/C65H115NO13/c1-3-5-7-9-11-13-14-15-16-17-18-19-20-21-22-23-24-25-26-27-28-29-30-31-32-33-34-35-36-37-38-39-40-41-43-45-47-49-57(70)66-53(54(69)48-46-44-42-12-10-8-6-4-2)52-76-64-62(75)60(73)63(56(51-68)78-64)79-65-61(74)59(72)58(71)55(50-67)77-65/h5,7,10-13,15-16,18-19,46,48,53-56,58-65,67-69,71-75H,3-4,6,8-9,14,17,20-45,47,49-52H2,1-2H3,(H,66,70)/b7-5-,12-10+,13-11-,16-15-,19-18-,48-46+. The molecule has 2 aliphatic heterocycles. The molecule has 14 nitrogen and oxygen atoms in total. The Labute approximate surface area is 478 Å². The lowest BCUT2D eigenvalue weighted by molar-refractivity contribution is -0.359. The Balaban J connectivity index is 1.53. The smallest absolute Gasteiger partial charge is 0.220 e. The average Bonchev–Trinajstić information content (AvgIpc) is 3.47. The van der Waals surface area contributed by atoms with Crippen LogP contribution in [0.5, 0.6) is 0 Å². The largest absolute Gasteiger partial charge is 0.394 e. The number of amides is 1. The number of aliphatic hydroxyl groups excluding tert-OH is 8. The number of carbonyl (C=O) groups is 1. The molecule has 2 aliphatic rings. The number of carbonyl (C=O) groups excluding carboxylic acids is 1. The van der Waals surface area contributed by atoms with Gasteiger partial charge in [-0.1, -0.05) is 241 Å². The van der Waals surface area contributed by atoms with E-state index in [2.05, 4.69) is 79.9 Å². The van der Waals surface area contributed by atoms with Crippen LogP contribution in [-0.4, -0.2) is 140 Å². The normalized spacial score (nSPS) is 24.9. The van der Waals surface area contributed by atoms with Crippen LogP contribution >= 0.6 is 0 Å². The number of hydrogen-bond acceptors (Lipinski definition) is 13. The lowest BCUT2D eigenvalue weighted by Crippen LogP contribution is -2.65. The maximum absolute atomic E-state index is 13.2. The molecule has 0 aromatic heterocycles. The average molecular weight is 1120 g/mol. The summed E-state index contributed by atoms with van der Waals surface area (Å²) in [5, 5.41) is 86.7. The highest BCUT2D eigenvalue weighted by Gasteiger charge is 2.51. The minimum Gasteiger partial charge on any atom is -0.394 e. The van der Waals surface area contributed by atoms with Gasteiger partial charge in [0.1, 0.15) is 48.8 Å². The van der Waals surface area contributed by atoms with Crippen LogP contribution in [0, 0.1) is 0 Å². The molecule has 2 rings (SSSR count). The second kappa shape index (κ2) is 50.0. The zero-order valence-corrected chi connectivity index (χ0v) is 49.3. The molecule has 12 unspecified atom stereocenters. The van der Waals surface area contributed by atoms with E-state index in [0.717, 1.165) is 70.6 Å². The zero-order valence-electron chi connectivity index (χ0n) is 49.3. The van der Waals surface area contributed by atoms with Crippen LogP contribution in [0.15, 0.2) is 72.9 Å². The van der Waals surface area contributed by atoms with Gasteiger partial charge < -0.3 is 65.1 Å². The van der Waals surface area contributed by atoms with Crippen molar-refractivity contribution in [3.63, 3.8) is 0 Å². The lowest BCUT2D eigenvalue weighted by Gasteiger charge is -2.46. The van der Waals surface area contributed by atoms with Crippen LogP contribution in [0.1, 0.15) is 239 Å². The van der Waals surface area contributed by atoms with E-state index in [-0.39, 0.29) is 18.9 Å². The highest BCUT2D eigenvalue weighted by Crippen LogP contribution is 2.30. The molecule has 0 aliphatic carbocycles. The summed E-state index contributed by atoms with van der Waals surface area (Å²) in [4.78, 5) is 13.2. The summed E-state index contributed by atoms with van der Waals surface area (Å²) in [6.07, 6.45) is 50.2. The Bertz CT molecular complexity index is 1600. The fraction of sp³-hybridized carbons (Fsp3) is 0.800. The summed E-state index contributed by atoms with van der Waals surface area (Å²) in [5.74, 6) is -0.251. The Kier molecular flexibility index (Phi) is 45.9. The minimum absolute atomic E-state index is 0.251. The molecule has 0 radical (unpaired) electrons. The number of aliphatic hydroxyl groups is 8. The van der Waals surface area contributed by atoms with Crippen molar-refractivity contribution in [2.24, 2.45) is 0 Å². The molecular formula is C65H115NO13. The van der Waals surface area contributed by atoms with Gasteiger partial charge in [-0.25, -0.2) is 0 Å². The van der Waals surface area contributed by atoms with Crippen molar-refractivity contribution < 1.29 is 64.6 Å². The van der Waals surface area contributed by atoms with Crippen molar-refractivity contribution in [1.82, 2.24) is 5.32 Å². The predicted octanol–water partition coefficient (Wildman–Crippen LogP) is 11.5. The number of unbranched alkanes of at least 4 members (excludes halogenated alkanes) is 27. The molecular weight excluding hydrogens is 1000 g/mol. The maximum atomic E-state index is 13.2. The van der Waals surface area contributed by atoms with E-state index in [1.165, 1.54) is 135 Å². The maximum Gasteiger partial charge on any atom is 0.220 e. The van der Waals surface area contributed by atoms with E-state index in [1.807, 2.05) is 6.08 Å². The molecule has 458 valence electrons. The van der Waals surface area contributed by atoms with Crippen LogP contribution in [0.2, 0.25) is 0 Å². The van der Waals surface area contributed by atoms with E-state index in [1.54, 1.807) is 6.08 Å². The highest BCUT2D eigenvalue weighted by atomic mass is 16.7. The zero-order chi connectivity index (χ0) is 57.4. The quantitative estimate of drug-likeness (QED) is 0.0204. The first-order valence-corrected chi connectivity index (χ1v) is 31.7. The molecule has 12 atom stereocenters. The van der Waals surface area contributed by atoms with Gasteiger partial charge >= 0.3 is 0 Å². The molecule has 0 bridgehead atoms. The Morgan fingerprint density at radius 2 is 0.886 bits per heavy atom. The summed E-state index contributed by atoms with van der Waals surface area (Å²) in [5.41, 5.74) is 0. The van der Waals surface area contributed by atoms with E-state index in [0.29, 0.717) is 12.8 Å². The van der Waals surface area contributed by atoms with Crippen molar-refractivity contribution in [3.05, 3.63) is 72.9 Å². The highest BCUT2D eigenvalue weighted by molar-refractivity contribution is 5.76. The molecule has 2 fully saturated rings. The first-order valence-electron chi connectivity index (χ1n) is 31.7. The molecule has 79 heavy (non-hydrogen) atoms.